The van der Waals surface area contributed by atoms with Crippen molar-refractivity contribution in [3.63, 3.8) is 0 Å². The van der Waals surface area contributed by atoms with Crippen LogP contribution in [0.4, 0.5) is 4.79 Å². The topological polar surface area (TPSA) is 114 Å². The van der Waals surface area contributed by atoms with E-state index >= 15 is 0 Å². The predicted molar refractivity (Wildman–Crippen MR) is 91.1 cm³/mol. The van der Waals surface area contributed by atoms with E-state index in [0.29, 0.717) is 12.8 Å². The average molecular weight is 369 g/mol. The number of rotatable bonds is 6. The first-order valence-corrected chi connectivity index (χ1v) is 8.89. The maximum absolute atomic E-state index is 12.1. The summed E-state index contributed by atoms with van der Waals surface area (Å²) < 4.78 is 10.8. The highest BCUT2D eigenvalue weighted by molar-refractivity contribution is 6.01. The highest BCUT2D eigenvalue weighted by Gasteiger charge is 2.32. The lowest BCUT2D eigenvalue weighted by Gasteiger charge is -2.21. The molecule has 146 valence electrons. The van der Waals surface area contributed by atoms with Crippen LogP contribution in [0, 0.1) is 0 Å². The Kier molecular flexibility index (Phi) is 6.57. The Morgan fingerprint density at radius 3 is 2.42 bits per heavy atom. The van der Waals surface area contributed by atoms with Crippen molar-refractivity contribution in [3.05, 3.63) is 0 Å². The number of amides is 4. The van der Waals surface area contributed by atoms with E-state index < -0.39 is 17.8 Å². The first-order chi connectivity index (χ1) is 12.2. The Morgan fingerprint density at radius 2 is 1.81 bits per heavy atom. The van der Waals surface area contributed by atoms with E-state index in [4.69, 9.17) is 9.47 Å². The number of alkyl carbamates (subject to hydrolysis) is 1. The van der Waals surface area contributed by atoms with Gasteiger partial charge in [0.05, 0.1) is 6.10 Å². The van der Waals surface area contributed by atoms with Crippen molar-refractivity contribution in [2.24, 2.45) is 0 Å². The highest BCUT2D eigenvalue weighted by atomic mass is 16.6. The minimum absolute atomic E-state index is 0.180. The summed E-state index contributed by atoms with van der Waals surface area (Å²) >= 11 is 0. The van der Waals surface area contributed by atoms with Gasteiger partial charge in [0.2, 0.25) is 17.7 Å². The van der Waals surface area contributed by atoms with E-state index in [9.17, 15) is 19.2 Å². The second-order valence-electron chi connectivity index (χ2n) is 7.44. The fourth-order valence-electron chi connectivity index (χ4n) is 2.84. The van der Waals surface area contributed by atoms with Crippen LogP contribution in [-0.4, -0.2) is 66.2 Å². The highest BCUT2D eigenvalue weighted by Crippen LogP contribution is 2.19. The van der Waals surface area contributed by atoms with Crippen LogP contribution in [-0.2, 0) is 23.9 Å². The summed E-state index contributed by atoms with van der Waals surface area (Å²) in [7, 11) is 0. The Hall–Kier alpha value is -2.16. The molecule has 2 N–H and O–H groups in total. The molecule has 0 spiro atoms. The molecule has 0 saturated carbocycles. The Bertz CT molecular complexity index is 555. The third-order valence-electron chi connectivity index (χ3n) is 4.06. The Morgan fingerprint density at radius 1 is 1.15 bits per heavy atom. The number of nitrogens with one attached hydrogen (secondary N) is 2. The maximum Gasteiger partial charge on any atom is 0.407 e. The number of likely N-dealkylation sites (tertiary alicyclic amines) is 1. The summed E-state index contributed by atoms with van der Waals surface area (Å²) in [5.74, 6) is -0.673. The first-order valence-electron chi connectivity index (χ1n) is 8.89. The van der Waals surface area contributed by atoms with Gasteiger partial charge in [0.25, 0.3) is 0 Å². The summed E-state index contributed by atoms with van der Waals surface area (Å²) in [4.78, 5) is 47.9. The van der Waals surface area contributed by atoms with Gasteiger partial charge in [0, 0.05) is 32.5 Å². The summed E-state index contributed by atoms with van der Waals surface area (Å²) in [6.45, 7) is 6.00. The van der Waals surface area contributed by atoms with Gasteiger partial charge in [-0.3, -0.25) is 19.3 Å². The number of ether oxygens (including phenoxy) is 2. The molecule has 2 rings (SSSR count). The second kappa shape index (κ2) is 8.48. The molecular weight excluding hydrogens is 342 g/mol. The van der Waals surface area contributed by atoms with E-state index in [1.165, 1.54) is 4.90 Å². The van der Waals surface area contributed by atoms with Gasteiger partial charge >= 0.3 is 6.09 Å². The molecule has 4 amide bonds. The van der Waals surface area contributed by atoms with Crippen LogP contribution >= 0.6 is 0 Å². The molecule has 26 heavy (non-hydrogen) atoms. The largest absolute Gasteiger partial charge is 0.444 e. The van der Waals surface area contributed by atoms with Gasteiger partial charge in [-0.05, 0) is 33.6 Å². The number of nitrogens with zero attached hydrogens (tertiary/aromatic N) is 1. The van der Waals surface area contributed by atoms with Crippen molar-refractivity contribution in [3.8, 4) is 0 Å². The molecule has 0 unspecified atom stereocenters. The molecule has 2 atom stereocenters. The molecule has 9 nitrogen and oxygen atoms in total. The monoisotopic (exact) mass is 369 g/mol. The first kappa shape index (κ1) is 20.2. The third kappa shape index (κ3) is 5.98. The molecule has 0 aromatic heterocycles. The van der Waals surface area contributed by atoms with Gasteiger partial charge < -0.3 is 20.1 Å². The molecule has 2 saturated heterocycles. The van der Waals surface area contributed by atoms with Crippen LogP contribution in [0.3, 0.4) is 0 Å². The molecule has 2 heterocycles. The predicted octanol–water partition coefficient (Wildman–Crippen LogP) is 0.324. The summed E-state index contributed by atoms with van der Waals surface area (Å²) in [5.41, 5.74) is -0.568. The molecule has 0 aromatic rings. The lowest BCUT2D eigenvalue weighted by atomic mass is 10.2. The van der Waals surface area contributed by atoms with Crippen LogP contribution in [0.1, 0.15) is 46.5 Å². The van der Waals surface area contributed by atoms with Gasteiger partial charge in [0.1, 0.15) is 11.7 Å². The summed E-state index contributed by atoms with van der Waals surface area (Å²) in [6.07, 6.45) is 0.320. The molecule has 0 aromatic carbocycles. The van der Waals surface area contributed by atoms with Crippen LogP contribution < -0.4 is 10.6 Å². The number of imide groups is 1. The number of hydrogen-bond donors (Lipinski definition) is 2. The Labute approximate surface area is 152 Å². The van der Waals surface area contributed by atoms with E-state index in [1.807, 2.05) is 0 Å². The summed E-state index contributed by atoms with van der Waals surface area (Å²) in [6, 6.07) is 0. The normalized spacial score (nSPS) is 23.3. The van der Waals surface area contributed by atoms with E-state index in [-0.39, 0.29) is 56.3 Å². The van der Waals surface area contributed by atoms with Gasteiger partial charge in [-0.2, -0.15) is 0 Å². The molecule has 0 bridgehead atoms. The van der Waals surface area contributed by atoms with E-state index in [0.717, 1.165) is 0 Å². The fourth-order valence-corrected chi connectivity index (χ4v) is 2.84. The van der Waals surface area contributed by atoms with Crippen LogP contribution in [0.2, 0.25) is 0 Å². The van der Waals surface area contributed by atoms with Crippen LogP contribution in [0.25, 0.3) is 0 Å². The van der Waals surface area contributed by atoms with Crippen molar-refractivity contribution in [1.82, 2.24) is 15.5 Å². The number of carbonyl (C=O) groups is 4. The second-order valence-corrected chi connectivity index (χ2v) is 7.44. The third-order valence-corrected chi connectivity index (χ3v) is 4.06. The zero-order chi connectivity index (χ0) is 19.3. The van der Waals surface area contributed by atoms with Crippen molar-refractivity contribution < 1.29 is 28.7 Å². The van der Waals surface area contributed by atoms with E-state index in [2.05, 4.69) is 10.6 Å². The molecule has 9 heteroatoms. The molecule has 0 radical (unpaired) electrons. The van der Waals surface area contributed by atoms with Gasteiger partial charge in [-0.15, -0.1) is 0 Å². The van der Waals surface area contributed by atoms with Crippen LogP contribution in [0.15, 0.2) is 0 Å². The smallest absolute Gasteiger partial charge is 0.407 e. The maximum atomic E-state index is 12.1. The minimum atomic E-state index is -0.592. The van der Waals surface area contributed by atoms with Crippen LogP contribution in [0.5, 0.6) is 0 Å². The molecule has 0 aliphatic carbocycles. The standard InChI is InChI=1S/C17H27N3O6/c1-17(2,3)26-16(24)19-10-11-4-5-12(25-11)15(23)18-8-9-20-13(21)6-7-14(20)22/h11-12H,4-10H2,1-3H3,(H,18,23)(H,19,24)/t11-,12+/m1/s1. The molecular formula is C17H27N3O6. The zero-order valence-electron chi connectivity index (χ0n) is 15.5. The fraction of sp³-hybridized carbons (Fsp3) is 0.765. The Balaban J connectivity index is 1.64. The quantitative estimate of drug-likeness (QED) is 0.652. The van der Waals surface area contributed by atoms with Gasteiger partial charge in [0.15, 0.2) is 0 Å². The number of carbonyl (C=O) groups excluding carboxylic acids is 4. The lowest BCUT2D eigenvalue weighted by Crippen LogP contribution is -2.42. The van der Waals surface area contributed by atoms with Crippen molar-refractivity contribution >= 4 is 23.8 Å². The van der Waals surface area contributed by atoms with Crippen molar-refractivity contribution in [2.75, 3.05) is 19.6 Å². The van der Waals surface area contributed by atoms with Crippen molar-refractivity contribution in [2.45, 2.75) is 64.3 Å². The summed E-state index contributed by atoms with van der Waals surface area (Å²) in [5, 5.41) is 5.32. The lowest BCUT2D eigenvalue weighted by molar-refractivity contribution is -0.139. The SMILES string of the molecule is CC(C)(C)OC(=O)NC[C@H]1CC[C@@H](C(=O)NCCN2C(=O)CCC2=O)O1. The number of hydrogen-bond acceptors (Lipinski definition) is 6. The van der Waals surface area contributed by atoms with Crippen molar-refractivity contribution in [1.29, 1.82) is 0 Å². The molecule has 2 aliphatic rings. The van der Waals surface area contributed by atoms with E-state index in [1.54, 1.807) is 20.8 Å². The average Bonchev–Trinajstić information content (AvgIpc) is 3.13. The molecule has 2 fully saturated rings. The van der Waals surface area contributed by atoms with Gasteiger partial charge in [-0.1, -0.05) is 0 Å². The zero-order valence-corrected chi connectivity index (χ0v) is 15.5. The minimum Gasteiger partial charge on any atom is -0.444 e. The van der Waals surface area contributed by atoms with Gasteiger partial charge in [-0.25, -0.2) is 4.79 Å². The molecule has 2 aliphatic heterocycles.